The number of thioether (sulfide) groups is 1. The number of nitrogens with zero attached hydrogens (tertiary/aromatic N) is 3. The molecule has 19 heavy (non-hydrogen) atoms. The van der Waals surface area contributed by atoms with Crippen molar-refractivity contribution in [3.05, 3.63) is 47.2 Å². The third kappa shape index (κ3) is 3.08. The molecule has 1 aromatic heterocycles. The molecule has 1 aromatic carbocycles. The van der Waals surface area contributed by atoms with Crippen molar-refractivity contribution in [2.45, 2.75) is 17.7 Å². The number of hydrogen-bond acceptors (Lipinski definition) is 4. The van der Waals surface area contributed by atoms with E-state index in [0.29, 0.717) is 0 Å². The molecule has 3 N–H and O–H groups in total. The highest BCUT2D eigenvalue weighted by Crippen LogP contribution is 2.24. The Morgan fingerprint density at radius 2 is 2.21 bits per heavy atom. The molecule has 100 valence electrons. The van der Waals surface area contributed by atoms with Gasteiger partial charge < -0.3 is 10.9 Å². The second-order valence-electron chi connectivity index (χ2n) is 4.18. The first kappa shape index (κ1) is 13.5. The van der Waals surface area contributed by atoms with Gasteiger partial charge in [-0.2, -0.15) is 5.10 Å². The maximum absolute atomic E-state index is 8.79. The SMILES string of the molecule is Cc1cc(SCc2ccccc2/C(N)=N/O)n(C)n1. The third-order valence-corrected chi connectivity index (χ3v) is 3.87. The lowest BCUT2D eigenvalue weighted by Gasteiger charge is -2.07. The molecule has 0 saturated heterocycles. The van der Waals surface area contributed by atoms with Crippen LogP contribution >= 0.6 is 11.8 Å². The minimum absolute atomic E-state index is 0.136. The van der Waals surface area contributed by atoms with Gasteiger partial charge in [-0.1, -0.05) is 29.4 Å². The number of nitrogens with two attached hydrogens (primary N) is 1. The van der Waals surface area contributed by atoms with E-state index in [1.807, 2.05) is 49.0 Å². The predicted molar refractivity (Wildman–Crippen MR) is 76.5 cm³/mol. The van der Waals surface area contributed by atoms with Gasteiger partial charge in [0.1, 0.15) is 0 Å². The zero-order valence-corrected chi connectivity index (χ0v) is 11.7. The van der Waals surface area contributed by atoms with Gasteiger partial charge in [-0.3, -0.25) is 4.68 Å². The van der Waals surface area contributed by atoms with Gasteiger partial charge in [0.2, 0.25) is 0 Å². The van der Waals surface area contributed by atoms with Crippen LogP contribution < -0.4 is 5.73 Å². The van der Waals surface area contributed by atoms with E-state index in [9.17, 15) is 0 Å². The maximum Gasteiger partial charge on any atom is 0.170 e. The molecule has 2 rings (SSSR count). The maximum atomic E-state index is 8.79. The van der Waals surface area contributed by atoms with E-state index >= 15 is 0 Å². The van der Waals surface area contributed by atoms with Gasteiger partial charge in [-0.15, -0.1) is 11.8 Å². The van der Waals surface area contributed by atoms with E-state index in [0.717, 1.165) is 27.6 Å². The van der Waals surface area contributed by atoms with Gasteiger partial charge in [-0.05, 0) is 18.6 Å². The lowest BCUT2D eigenvalue weighted by atomic mass is 10.1. The zero-order valence-electron chi connectivity index (χ0n) is 10.9. The van der Waals surface area contributed by atoms with Gasteiger partial charge >= 0.3 is 0 Å². The predicted octanol–water partition coefficient (Wildman–Crippen LogP) is 2.12. The number of aryl methyl sites for hydroxylation is 2. The van der Waals surface area contributed by atoms with Crippen molar-refractivity contribution in [3.8, 4) is 0 Å². The summed E-state index contributed by atoms with van der Waals surface area (Å²) >= 11 is 1.67. The van der Waals surface area contributed by atoms with Crippen molar-refractivity contribution in [3.63, 3.8) is 0 Å². The number of amidine groups is 1. The first-order chi connectivity index (χ1) is 9.11. The van der Waals surface area contributed by atoms with Crippen LogP contribution in [-0.4, -0.2) is 20.8 Å². The first-order valence-corrected chi connectivity index (χ1v) is 6.79. The van der Waals surface area contributed by atoms with E-state index in [2.05, 4.69) is 10.3 Å². The topological polar surface area (TPSA) is 76.4 Å². The number of hydrogen-bond donors (Lipinski definition) is 2. The second kappa shape index (κ2) is 5.79. The van der Waals surface area contributed by atoms with Crippen molar-refractivity contribution in [2.24, 2.45) is 17.9 Å². The Labute approximate surface area is 116 Å². The molecule has 0 bridgehead atoms. The molecule has 0 fully saturated rings. The van der Waals surface area contributed by atoms with Crippen LogP contribution in [0.3, 0.4) is 0 Å². The van der Waals surface area contributed by atoms with Gasteiger partial charge in [0.25, 0.3) is 0 Å². The van der Waals surface area contributed by atoms with Crippen LogP contribution in [0.15, 0.2) is 40.5 Å². The molecule has 0 saturated carbocycles. The van der Waals surface area contributed by atoms with E-state index in [1.165, 1.54) is 0 Å². The Kier molecular flexibility index (Phi) is 4.11. The summed E-state index contributed by atoms with van der Waals surface area (Å²) in [5.41, 5.74) is 8.46. The lowest BCUT2D eigenvalue weighted by molar-refractivity contribution is 0.318. The summed E-state index contributed by atoms with van der Waals surface area (Å²) in [4.78, 5) is 0. The fourth-order valence-electron chi connectivity index (χ4n) is 1.82. The molecule has 0 aliphatic rings. The number of aromatic nitrogens is 2. The van der Waals surface area contributed by atoms with Crippen molar-refractivity contribution in [1.82, 2.24) is 9.78 Å². The van der Waals surface area contributed by atoms with E-state index in [-0.39, 0.29) is 5.84 Å². The Hall–Kier alpha value is -1.95. The standard InChI is InChI=1S/C13H16N4OS/c1-9-7-12(17(2)15-9)19-8-10-5-3-4-6-11(10)13(14)16-18/h3-7,18H,8H2,1-2H3,(H2,14,16). The van der Waals surface area contributed by atoms with Gasteiger partial charge in [0, 0.05) is 18.4 Å². The van der Waals surface area contributed by atoms with Gasteiger partial charge in [0.15, 0.2) is 5.84 Å². The summed E-state index contributed by atoms with van der Waals surface area (Å²) in [7, 11) is 1.92. The summed E-state index contributed by atoms with van der Waals surface area (Å²) in [5.74, 6) is 0.878. The number of benzene rings is 1. The van der Waals surface area contributed by atoms with E-state index in [4.69, 9.17) is 10.9 Å². The Bertz CT molecular complexity index is 606. The molecular weight excluding hydrogens is 260 g/mol. The highest BCUT2D eigenvalue weighted by Gasteiger charge is 2.08. The molecule has 0 radical (unpaired) electrons. The fraction of sp³-hybridized carbons (Fsp3) is 0.231. The van der Waals surface area contributed by atoms with E-state index in [1.54, 1.807) is 11.8 Å². The van der Waals surface area contributed by atoms with Crippen molar-refractivity contribution in [2.75, 3.05) is 0 Å². The normalized spacial score (nSPS) is 11.8. The number of rotatable bonds is 4. The molecule has 0 unspecified atom stereocenters. The molecule has 0 amide bonds. The molecular formula is C13H16N4OS. The molecule has 0 atom stereocenters. The van der Waals surface area contributed by atoms with Gasteiger partial charge in [-0.25, -0.2) is 0 Å². The first-order valence-electron chi connectivity index (χ1n) is 5.81. The highest BCUT2D eigenvalue weighted by atomic mass is 32.2. The minimum atomic E-state index is 0.136. The minimum Gasteiger partial charge on any atom is -0.409 e. The molecule has 0 aliphatic heterocycles. The van der Waals surface area contributed by atoms with Crippen LogP contribution in [0.1, 0.15) is 16.8 Å². The summed E-state index contributed by atoms with van der Waals surface area (Å²) in [5, 5.41) is 17.2. The lowest BCUT2D eigenvalue weighted by Crippen LogP contribution is -2.15. The molecule has 2 aromatic rings. The Morgan fingerprint density at radius 1 is 1.47 bits per heavy atom. The zero-order chi connectivity index (χ0) is 13.8. The fourth-order valence-corrected chi connectivity index (χ4v) is 2.86. The molecule has 0 spiro atoms. The average Bonchev–Trinajstić information content (AvgIpc) is 2.74. The second-order valence-corrected chi connectivity index (χ2v) is 5.17. The molecule has 5 nitrogen and oxygen atoms in total. The highest BCUT2D eigenvalue weighted by molar-refractivity contribution is 7.98. The van der Waals surface area contributed by atoms with Crippen molar-refractivity contribution in [1.29, 1.82) is 0 Å². The summed E-state index contributed by atoms with van der Waals surface area (Å²) in [6.07, 6.45) is 0. The van der Waals surface area contributed by atoms with Crippen LogP contribution in [0, 0.1) is 6.92 Å². The largest absolute Gasteiger partial charge is 0.409 e. The summed E-state index contributed by atoms with van der Waals surface area (Å²) in [6, 6.07) is 9.67. The van der Waals surface area contributed by atoms with Crippen molar-refractivity contribution < 1.29 is 5.21 Å². The monoisotopic (exact) mass is 276 g/mol. The van der Waals surface area contributed by atoms with Crippen molar-refractivity contribution >= 4 is 17.6 Å². The van der Waals surface area contributed by atoms with E-state index < -0.39 is 0 Å². The van der Waals surface area contributed by atoms with Crippen LogP contribution in [0.25, 0.3) is 0 Å². The van der Waals surface area contributed by atoms with Crippen LogP contribution in [0.5, 0.6) is 0 Å². The smallest absolute Gasteiger partial charge is 0.170 e. The Morgan fingerprint density at radius 3 is 2.84 bits per heavy atom. The van der Waals surface area contributed by atoms with Crippen LogP contribution in [0.2, 0.25) is 0 Å². The average molecular weight is 276 g/mol. The molecule has 1 heterocycles. The van der Waals surface area contributed by atoms with Crippen LogP contribution in [-0.2, 0) is 12.8 Å². The molecule has 0 aliphatic carbocycles. The summed E-state index contributed by atoms with van der Waals surface area (Å²) < 4.78 is 1.85. The van der Waals surface area contributed by atoms with Crippen LogP contribution in [0.4, 0.5) is 0 Å². The number of oxime groups is 1. The summed E-state index contributed by atoms with van der Waals surface area (Å²) in [6.45, 7) is 1.97. The van der Waals surface area contributed by atoms with Gasteiger partial charge in [0.05, 0.1) is 10.7 Å². The third-order valence-electron chi connectivity index (χ3n) is 2.74. The Balaban J connectivity index is 2.18. The quantitative estimate of drug-likeness (QED) is 0.295. The molecule has 6 heteroatoms.